The van der Waals surface area contributed by atoms with Crippen molar-refractivity contribution in [2.75, 3.05) is 13.2 Å². The lowest BCUT2D eigenvalue weighted by atomic mass is 9.91. The van der Waals surface area contributed by atoms with Gasteiger partial charge in [-0.25, -0.2) is 0 Å². The molecule has 1 aromatic heterocycles. The van der Waals surface area contributed by atoms with E-state index in [1.165, 1.54) is 18.4 Å². The largest absolute Gasteiger partial charge is 0.381 e. The van der Waals surface area contributed by atoms with Gasteiger partial charge in [-0.05, 0) is 44.4 Å². The number of hydrogen-bond donors (Lipinski definition) is 1. The summed E-state index contributed by atoms with van der Waals surface area (Å²) in [5.74, 6) is 1.75. The molecule has 1 saturated heterocycles. The van der Waals surface area contributed by atoms with Gasteiger partial charge in [0, 0.05) is 25.6 Å². The number of rotatable bonds is 6. The van der Waals surface area contributed by atoms with Crippen molar-refractivity contribution in [2.45, 2.75) is 70.8 Å². The zero-order valence-corrected chi connectivity index (χ0v) is 15.3. The van der Waals surface area contributed by atoms with Crippen LogP contribution in [0, 0.1) is 5.92 Å². The normalized spacial score (nSPS) is 20.4. The first kappa shape index (κ1) is 18.1. The van der Waals surface area contributed by atoms with Gasteiger partial charge in [-0.1, -0.05) is 30.7 Å². The van der Waals surface area contributed by atoms with Gasteiger partial charge in [0.1, 0.15) is 6.04 Å². The smallest absolute Gasteiger partial charge is 0.249 e. The van der Waals surface area contributed by atoms with Gasteiger partial charge in [-0.3, -0.25) is 4.79 Å². The Morgan fingerprint density at radius 3 is 2.76 bits per heavy atom. The van der Waals surface area contributed by atoms with Gasteiger partial charge in [-0.15, -0.1) is 0 Å². The molecule has 0 unspecified atom stereocenters. The summed E-state index contributed by atoms with van der Waals surface area (Å²) in [6, 6.07) is -0.222. The predicted molar refractivity (Wildman–Crippen MR) is 94.0 cm³/mol. The van der Waals surface area contributed by atoms with Crippen LogP contribution in [0.2, 0.25) is 0 Å². The van der Waals surface area contributed by atoms with E-state index in [0.29, 0.717) is 31.3 Å². The average Bonchev–Trinajstić information content (AvgIpc) is 3.11. The highest BCUT2D eigenvalue weighted by Crippen LogP contribution is 2.30. The standard InChI is InChI=1S/C19H29N3O3/c1-13(2)18-21-19(25-22-18)17(15-8-10-24-11-9-15)20-16(23)12-14-6-4-3-5-7-14/h6,13,15,17H,3-5,7-12H2,1-2H3,(H,20,23)/t17-/m1/s1. The van der Waals surface area contributed by atoms with E-state index in [2.05, 4.69) is 21.5 Å². The molecule has 0 bridgehead atoms. The quantitative estimate of drug-likeness (QED) is 0.795. The number of amides is 1. The van der Waals surface area contributed by atoms with E-state index in [1.807, 2.05) is 13.8 Å². The second-order valence-corrected chi connectivity index (χ2v) is 7.43. The monoisotopic (exact) mass is 347 g/mol. The summed E-state index contributed by atoms with van der Waals surface area (Å²) in [5, 5.41) is 7.25. The topological polar surface area (TPSA) is 77.2 Å². The molecule has 1 amide bonds. The van der Waals surface area contributed by atoms with Crippen LogP contribution in [0.5, 0.6) is 0 Å². The van der Waals surface area contributed by atoms with Crippen molar-refractivity contribution in [3.63, 3.8) is 0 Å². The van der Waals surface area contributed by atoms with Crippen LogP contribution in [0.1, 0.15) is 82.5 Å². The van der Waals surface area contributed by atoms with Gasteiger partial charge in [0.15, 0.2) is 5.82 Å². The third-order valence-corrected chi connectivity index (χ3v) is 5.07. The zero-order valence-electron chi connectivity index (χ0n) is 15.3. The summed E-state index contributed by atoms with van der Waals surface area (Å²) in [5.41, 5.74) is 1.25. The minimum absolute atomic E-state index is 0.0499. The van der Waals surface area contributed by atoms with Crippen molar-refractivity contribution in [1.29, 1.82) is 0 Å². The Hall–Kier alpha value is -1.69. The number of nitrogens with one attached hydrogen (secondary N) is 1. The molecular weight excluding hydrogens is 318 g/mol. The molecule has 2 heterocycles. The number of allylic oxidation sites excluding steroid dienone is 1. The molecule has 0 saturated carbocycles. The van der Waals surface area contributed by atoms with Crippen molar-refractivity contribution in [3.05, 3.63) is 23.4 Å². The molecule has 25 heavy (non-hydrogen) atoms. The zero-order chi connectivity index (χ0) is 17.6. The van der Waals surface area contributed by atoms with Gasteiger partial charge in [0.05, 0.1) is 0 Å². The highest BCUT2D eigenvalue weighted by Gasteiger charge is 2.31. The Morgan fingerprint density at radius 1 is 1.32 bits per heavy atom. The molecule has 1 fully saturated rings. The molecule has 1 atom stereocenters. The maximum atomic E-state index is 12.6. The third-order valence-electron chi connectivity index (χ3n) is 5.07. The van der Waals surface area contributed by atoms with Crippen LogP contribution >= 0.6 is 0 Å². The van der Waals surface area contributed by atoms with E-state index in [1.54, 1.807) is 0 Å². The predicted octanol–water partition coefficient (Wildman–Crippen LogP) is 3.67. The van der Waals surface area contributed by atoms with Crippen molar-refractivity contribution in [1.82, 2.24) is 15.5 Å². The second kappa shape index (κ2) is 8.61. The van der Waals surface area contributed by atoms with Gasteiger partial charge >= 0.3 is 0 Å². The Bertz CT molecular complexity index is 603. The van der Waals surface area contributed by atoms with Gasteiger partial charge in [0.2, 0.25) is 11.8 Å². The highest BCUT2D eigenvalue weighted by molar-refractivity contribution is 5.78. The molecule has 6 nitrogen and oxygen atoms in total. The van der Waals surface area contributed by atoms with Crippen molar-refractivity contribution in [2.24, 2.45) is 5.92 Å². The van der Waals surface area contributed by atoms with E-state index in [-0.39, 0.29) is 23.8 Å². The maximum Gasteiger partial charge on any atom is 0.249 e. The molecule has 3 rings (SSSR count). The van der Waals surface area contributed by atoms with Crippen LogP contribution in [0.4, 0.5) is 0 Å². The molecule has 0 spiro atoms. The van der Waals surface area contributed by atoms with Crippen LogP contribution in [0.3, 0.4) is 0 Å². The summed E-state index contributed by atoms with van der Waals surface area (Å²) in [4.78, 5) is 17.1. The molecule has 1 aliphatic heterocycles. The molecule has 0 radical (unpaired) electrons. The molecule has 6 heteroatoms. The van der Waals surface area contributed by atoms with Crippen LogP contribution in [0.15, 0.2) is 16.2 Å². The number of carbonyl (C=O) groups excluding carboxylic acids is 1. The SMILES string of the molecule is CC(C)c1noc([C@H](NC(=O)CC2=CCCCC2)C2CCOCC2)n1. The molecule has 1 aliphatic carbocycles. The van der Waals surface area contributed by atoms with E-state index >= 15 is 0 Å². The second-order valence-electron chi connectivity index (χ2n) is 7.43. The Labute approximate surface area is 149 Å². The van der Waals surface area contributed by atoms with Crippen LogP contribution in [-0.4, -0.2) is 29.3 Å². The van der Waals surface area contributed by atoms with E-state index in [9.17, 15) is 4.79 Å². The molecule has 2 aliphatic rings. The fourth-order valence-electron chi connectivity index (χ4n) is 3.53. The lowest BCUT2D eigenvalue weighted by Gasteiger charge is -2.28. The average molecular weight is 347 g/mol. The number of hydrogen-bond acceptors (Lipinski definition) is 5. The third kappa shape index (κ3) is 4.91. The summed E-state index contributed by atoms with van der Waals surface area (Å²) < 4.78 is 11.0. The Morgan fingerprint density at radius 2 is 2.12 bits per heavy atom. The number of aromatic nitrogens is 2. The minimum atomic E-state index is -0.222. The summed E-state index contributed by atoms with van der Waals surface area (Å²) in [6.07, 6.45) is 9.03. The van der Waals surface area contributed by atoms with Gasteiger partial charge < -0.3 is 14.6 Å². The van der Waals surface area contributed by atoms with E-state index in [4.69, 9.17) is 9.26 Å². The van der Waals surface area contributed by atoms with Gasteiger partial charge in [0.25, 0.3) is 0 Å². The van der Waals surface area contributed by atoms with Crippen molar-refractivity contribution in [3.8, 4) is 0 Å². The number of ether oxygens (including phenoxy) is 1. The highest BCUT2D eigenvalue weighted by atomic mass is 16.5. The van der Waals surface area contributed by atoms with E-state index in [0.717, 1.165) is 25.7 Å². The fourth-order valence-corrected chi connectivity index (χ4v) is 3.53. The van der Waals surface area contributed by atoms with Crippen molar-refractivity contribution < 1.29 is 14.1 Å². The molecule has 138 valence electrons. The first-order valence-electron chi connectivity index (χ1n) is 9.52. The summed E-state index contributed by atoms with van der Waals surface area (Å²) >= 11 is 0. The lowest BCUT2D eigenvalue weighted by Crippen LogP contribution is -2.36. The van der Waals surface area contributed by atoms with Gasteiger partial charge in [-0.2, -0.15) is 4.98 Å². The van der Waals surface area contributed by atoms with Crippen LogP contribution < -0.4 is 5.32 Å². The lowest BCUT2D eigenvalue weighted by molar-refractivity contribution is -0.122. The van der Waals surface area contributed by atoms with Crippen molar-refractivity contribution >= 4 is 5.91 Å². The van der Waals surface area contributed by atoms with Crippen LogP contribution in [-0.2, 0) is 9.53 Å². The van der Waals surface area contributed by atoms with E-state index < -0.39 is 0 Å². The molecule has 1 N–H and O–H groups in total. The molecule has 0 aromatic carbocycles. The minimum Gasteiger partial charge on any atom is -0.381 e. The van der Waals surface area contributed by atoms with Crippen LogP contribution in [0.25, 0.3) is 0 Å². The molecular formula is C19H29N3O3. The molecule has 1 aromatic rings. The maximum absolute atomic E-state index is 12.6. The summed E-state index contributed by atoms with van der Waals surface area (Å²) in [6.45, 7) is 5.50. The number of carbonyl (C=O) groups is 1. The number of nitrogens with zero attached hydrogens (tertiary/aromatic N) is 2. The first-order valence-corrected chi connectivity index (χ1v) is 9.52. The fraction of sp³-hybridized carbons (Fsp3) is 0.737. The Kier molecular flexibility index (Phi) is 6.24. The Balaban J connectivity index is 1.70. The first-order chi connectivity index (χ1) is 12.1. The summed E-state index contributed by atoms with van der Waals surface area (Å²) in [7, 11) is 0.